The molecule has 0 fully saturated rings. The van der Waals surface area contributed by atoms with Crippen molar-refractivity contribution >= 4 is 38.9 Å². The molecule has 3 aromatic carbocycles. The van der Waals surface area contributed by atoms with Crippen LogP contribution in [0.4, 0.5) is 11.4 Å². The molecule has 0 atom stereocenters. The van der Waals surface area contributed by atoms with Crippen molar-refractivity contribution < 1.29 is 27.4 Å². The molecule has 0 aromatic heterocycles. The van der Waals surface area contributed by atoms with Gasteiger partial charge in [-0.05, 0) is 42.5 Å². The number of nitrogens with zero attached hydrogens (tertiary/aromatic N) is 1. The molecule has 0 unspecified atom stereocenters. The van der Waals surface area contributed by atoms with Gasteiger partial charge in [-0.25, -0.2) is 8.42 Å². The predicted molar refractivity (Wildman–Crippen MR) is 127 cm³/mol. The number of halogens is 1. The Hall–Kier alpha value is -3.43. The Morgan fingerprint density at radius 3 is 2.18 bits per heavy atom. The fourth-order valence-electron chi connectivity index (χ4n) is 3.09. The van der Waals surface area contributed by atoms with Gasteiger partial charge in [0.05, 0.1) is 36.9 Å². The molecule has 8 nitrogen and oxygen atoms in total. The fraction of sp³-hybridized carbons (Fsp3) is 0.174. The normalized spacial score (nSPS) is 10.9. The number of sulfonamides is 1. The summed E-state index contributed by atoms with van der Waals surface area (Å²) in [6.45, 7) is -0.523. The summed E-state index contributed by atoms with van der Waals surface area (Å²) in [5.74, 6) is 0.529. The zero-order valence-electron chi connectivity index (χ0n) is 18.2. The van der Waals surface area contributed by atoms with Crippen molar-refractivity contribution in [3.63, 3.8) is 0 Å². The van der Waals surface area contributed by atoms with Gasteiger partial charge in [-0.15, -0.1) is 0 Å². The molecule has 0 aliphatic heterocycles. The van der Waals surface area contributed by atoms with Gasteiger partial charge in [0.15, 0.2) is 0 Å². The number of rotatable bonds is 9. The van der Waals surface area contributed by atoms with Crippen molar-refractivity contribution in [2.24, 2.45) is 0 Å². The van der Waals surface area contributed by atoms with Gasteiger partial charge in [0.2, 0.25) is 5.91 Å². The maximum Gasteiger partial charge on any atom is 0.264 e. The summed E-state index contributed by atoms with van der Waals surface area (Å²) < 4.78 is 43.8. The van der Waals surface area contributed by atoms with E-state index in [0.717, 1.165) is 4.31 Å². The monoisotopic (exact) mass is 490 g/mol. The Balaban J connectivity index is 2.01. The maximum atomic E-state index is 13.5. The lowest BCUT2D eigenvalue weighted by atomic mass is 10.2. The number of methoxy groups -OCH3 is 3. The summed E-state index contributed by atoms with van der Waals surface area (Å²) in [6, 6.07) is 17.2. The quantitative estimate of drug-likeness (QED) is 0.483. The minimum absolute atomic E-state index is 0.0233. The third-order valence-electron chi connectivity index (χ3n) is 4.71. The molecule has 0 heterocycles. The molecule has 0 saturated carbocycles. The van der Waals surface area contributed by atoms with Gasteiger partial charge in [0.1, 0.15) is 23.8 Å². The van der Waals surface area contributed by atoms with E-state index in [1.165, 1.54) is 45.6 Å². The summed E-state index contributed by atoms with van der Waals surface area (Å²) in [5.41, 5.74) is 0.545. The van der Waals surface area contributed by atoms with Gasteiger partial charge >= 0.3 is 0 Å². The Labute approximate surface area is 197 Å². The first-order valence-electron chi connectivity index (χ1n) is 9.73. The molecule has 0 aliphatic rings. The zero-order chi connectivity index (χ0) is 24.0. The van der Waals surface area contributed by atoms with E-state index < -0.39 is 22.5 Å². The van der Waals surface area contributed by atoms with Crippen LogP contribution in [0.2, 0.25) is 5.02 Å². The molecular formula is C23H23ClN2O6S. The van der Waals surface area contributed by atoms with Crippen LogP contribution in [0.25, 0.3) is 0 Å². The van der Waals surface area contributed by atoms with Crippen molar-refractivity contribution in [1.29, 1.82) is 0 Å². The number of nitrogens with one attached hydrogen (secondary N) is 1. The number of ether oxygens (including phenoxy) is 3. The number of carbonyl (C=O) groups is 1. The molecule has 0 radical (unpaired) electrons. The van der Waals surface area contributed by atoms with Crippen LogP contribution >= 0.6 is 11.6 Å². The molecule has 1 N–H and O–H groups in total. The fourth-order valence-corrected chi connectivity index (χ4v) is 4.79. The standard InChI is InChI=1S/C23H23ClN2O6S/c1-30-17-10-12-22(32-3)20(14-17)26(33(28,29)18-7-5-4-6-8-18)15-23(27)25-16-9-11-21(31-2)19(24)13-16/h4-14H,15H2,1-3H3,(H,25,27). The van der Waals surface area contributed by atoms with Crippen molar-refractivity contribution in [1.82, 2.24) is 0 Å². The Morgan fingerprint density at radius 2 is 1.58 bits per heavy atom. The molecule has 0 saturated heterocycles. The second kappa shape index (κ2) is 10.5. The maximum absolute atomic E-state index is 13.5. The Morgan fingerprint density at radius 1 is 0.909 bits per heavy atom. The van der Waals surface area contributed by atoms with Crippen LogP contribution in [-0.4, -0.2) is 42.2 Å². The van der Waals surface area contributed by atoms with Crippen LogP contribution in [0, 0.1) is 0 Å². The molecule has 0 bridgehead atoms. The number of anilines is 2. The molecule has 33 heavy (non-hydrogen) atoms. The Kier molecular flexibility index (Phi) is 7.67. The van der Waals surface area contributed by atoms with E-state index in [1.54, 1.807) is 42.5 Å². The topological polar surface area (TPSA) is 94.2 Å². The third kappa shape index (κ3) is 5.50. The van der Waals surface area contributed by atoms with Gasteiger partial charge in [-0.3, -0.25) is 9.10 Å². The van der Waals surface area contributed by atoms with Crippen LogP contribution in [0.3, 0.4) is 0 Å². The minimum atomic E-state index is -4.13. The number of hydrogen-bond acceptors (Lipinski definition) is 6. The van der Waals surface area contributed by atoms with Gasteiger partial charge in [0, 0.05) is 11.8 Å². The molecule has 0 aliphatic carbocycles. The first-order valence-corrected chi connectivity index (χ1v) is 11.5. The van der Waals surface area contributed by atoms with E-state index >= 15 is 0 Å². The first kappa shape index (κ1) is 24.2. The summed E-state index contributed by atoms with van der Waals surface area (Å²) in [4.78, 5) is 13.0. The Bertz CT molecular complexity index is 1230. The van der Waals surface area contributed by atoms with Gasteiger partial charge < -0.3 is 19.5 Å². The molecule has 3 rings (SSSR count). The number of benzene rings is 3. The number of carbonyl (C=O) groups excluding carboxylic acids is 1. The average Bonchev–Trinajstić information content (AvgIpc) is 2.82. The largest absolute Gasteiger partial charge is 0.497 e. The highest BCUT2D eigenvalue weighted by atomic mass is 35.5. The second-order valence-corrected chi connectivity index (χ2v) is 9.03. The smallest absolute Gasteiger partial charge is 0.264 e. The molecule has 3 aromatic rings. The van der Waals surface area contributed by atoms with E-state index in [-0.39, 0.29) is 16.3 Å². The van der Waals surface area contributed by atoms with Gasteiger partial charge in [-0.1, -0.05) is 29.8 Å². The highest BCUT2D eigenvalue weighted by Gasteiger charge is 2.30. The molecule has 10 heteroatoms. The summed E-state index contributed by atoms with van der Waals surface area (Å²) >= 11 is 6.13. The van der Waals surface area contributed by atoms with E-state index in [1.807, 2.05) is 0 Å². The summed E-state index contributed by atoms with van der Waals surface area (Å²) in [7, 11) is 0.227. The van der Waals surface area contributed by atoms with E-state index in [0.29, 0.717) is 22.2 Å². The van der Waals surface area contributed by atoms with Crippen LogP contribution in [0.5, 0.6) is 17.2 Å². The second-order valence-electron chi connectivity index (χ2n) is 6.76. The lowest BCUT2D eigenvalue weighted by Crippen LogP contribution is -2.38. The minimum Gasteiger partial charge on any atom is -0.497 e. The zero-order valence-corrected chi connectivity index (χ0v) is 19.8. The van der Waals surface area contributed by atoms with E-state index in [2.05, 4.69) is 5.32 Å². The van der Waals surface area contributed by atoms with Crippen molar-refractivity contribution in [3.05, 3.63) is 71.8 Å². The summed E-state index contributed by atoms with van der Waals surface area (Å²) in [5, 5.41) is 2.97. The van der Waals surface area contributed by atoms with Crippen molar-refractivity contribution in [2.45, 2.75) is 4.90 Å². The van der Waals surface area contributed by atoms with Gasteiger partial charge in [-0.2, -0.15) is 0 Å². The highest BCUT2D eigenvalue weighted by molar-refractivity contribution is 7.92. The lowest BCUT2D eigenvalue weighted by molar-refractivity contribution is -0.114. The van der Waals surface area contributed by atoms with Crippen LogP contribution in [-0.2, 0) is 14.8 Å². The van der Waals surface area contributed by atoms with Crippen LogP contribution in [0.1, 0.15) is 0 Å². The number of hydrogen-bond donors (Lipinski definition) is 1. The first-order chi connectivity index (χ1) is 15.8. The highest BCUT2D eigenvalue weighted by Crippen LogP contribution is 2.36. The number of amides is 1. The summed E-state index contributed by atoms with van der Waals surface area (Å²) in [6.07, 6.45) is 0. The molecule has 1 amide bonds. The van der Waals surface area contributed by atoms with Gasteiger partial charge in [0.25, 0.3) is 10.0 Å². The van der Waals surface area contributed by atoms with E-state index in [9.17, 15) is 13.2 Å². The van der Waals surface area contributed by atoms with Crippen LogP contribution in [0.15, 0.2) is 71.6 Å². The van der Waals surface area contributed by atoms with Crippen molar-refractivity contribution in [2.75, 3.05) is 37.5 Å². The van der Waals surface area contributed by atoms with E-state index in [4.69, 9.17) is 25.8 Å². The van der Waals surface area contributed by atoms with Crippen LogP contribution < -0.4 is 23.8 Å². The lowest BCUT2D eigenvalue weighted by Gasteiger charge is -2.26. The molecule has 0 spiro atoms. The molecular weight excluding hydrogens is 468 g/mol. The average molecular weight is 491 g/mol. The van der Waals surface area contributed by atoms with Crippen molar-refractivity contribution in [3.8, 4) is 17.2 Å². The SMILES string of the molecule is COc1ccc(OC)c(N(CC(=O)Nc2ccc(OC)c(Cl)c2)S(=O)(=O)c2ccccc2)c1. The predicted octanol–water partition coefficient (Wildman–Crippen LogP) is 4.20. The molecule has 174 valence electrons. The third-order valence-corrected chi connectivity index (χ3v) is 6.78.